The van der Waals surface area contributed by atoms with Gasteiger partial charge in [-0.1, -0.05) is 24.3 Å². The molecule has 2 heterocycles. The molecule has 1 amide bonds. The van der Waals surface area contributed by atoms with Gasteiger partial charge >= 0.3 is 0 Å². The van der Waals surface area contributed by atoms with Gasteiger partial charge in [-0.2, -0.15) is 0 Å². The molecule has 1 aliphatic rings. The Balaban J connectivity index is 1.68. The minimum absolute atomic E-state index is 0.0118. The molecule has 1 atom stereocenters. The van der Waals surface area contributed by atoms with Gasteiger partial charge in [0.1, 0.15) is 0 Å². The Morgan fingerprint density at radius 1 is 1.38 bits per heavy atom. The van der Waals surface area contributed by atoms with Crippen molar-refractivity contribution in [1.82, 2.24) is 9.88 Å². The van der Waals surface area contributed by atoms with Gasteiger partial charge in [-0.15, -0.1) is 6.58 Å². The number of carbonyl (C=O) groups is 1. The van der Waals surface area contributed by atoms with Crippen molar-refractivity contribution in [3.05, 3.63) is 48.7 Å². The van der Waals surface area contributed by atoms with Crippen LogP contribution in [0.25, 0.3) is 10.9 Å². The average Bonchev–Trinajstić information content (AvgIpc) is 3.13. The molecule has 1 saturated heterocycles. The molecule has 1 aromatic heterocycles. The highest BCUT2D eigenvalue weighted by molar-refractivity contribution is 7.91. The molecule has 0 radical (unpaired) electrons. The van der Waals surface area contributed by atoms with Gasteiger partial charge in [0.05, 0.1) is 11.5 Å². The molecule has 0 aliphatic carbocycles. The Labute approximate surface area is 142 Å². The quantitative estimate of drug-likeness (QED) is 0.816. The summed E-state index contributed by atoms with van der Waals surface area (Å²) in [7, 11) is -3.01. The molecule has 1 aliphatic heterocycles. The molecule has 5 nitrogen and oxygen atoms in total. The second kappa shape index (κ2) is 6.81. The van der Waals surface area contributed by atoms with Gasteiger partial charge in [-0.05, 0) is 24.5 Å². The zero-order chi connectivity index (χ0) is 17.2. The predicted octanol–water partition coefficient (Wildman–Crippen LogP) is 2.30. The van der Waals surface area contributed by atoms with Gasteiger partial charge < -0.3 is 9.88 Å². The van der Waals surface area contributed by atoms with Gasteiger partial charge in [0.15, 0.2) is 9.84 Å². The molecule has 0 spiro atoms. The zero-order valence-corrected chi connectivity index (χ0v) is 14.4. The van der Waals surface area contributed by atoms with E-state index in [0.29, 0.717) is 25.8 Å². The van der Waals surface area contributed by atoms with Gasteiger partial charge in [0, 0.05) is 36.1 Å². The summed E-state index contributed by atoms with van der Waals surface area (Å²) >= 11 is 0. The lowest BCUT2D eigenvalue weighted by atomic mass is 10.1. The molecular formula is C18H22N2O3S. The summed E-state index contributed by atoms with van der Waals surface area (Å²) in [5.41, 5.74) is 2.17. The van der Waals surface area contributed by atoms with E-state index in [9.17, 15) is 13.2 Å². The topological polar surface area (TPSA) is 70.2 Å². The molecule has 2 aromatic rings. The number of rotatable bonds is 6. The van der Waals surface area contributed by atoms with Crippen LogP contribution in [-0.4, -0.2) is 48.3 Å². The number of carbonyl (C=O) groups excluding carboxylic acids is 1. The number of nitrogens with zero attached hydrogens (tertiary/aromatic N) is 1. The lowest BCUT2D eigenvalue weighted by molar-refractivity contribution is -0.132. The zero-order valence-electron chi connectivity index (χ0n) is 13.6. The van der Waals surface area contributed by atoms with Crippen molar-refractivity contribution >= 4 is 26.6 Å². The van der Waals surface area contributed by atoms with E-state index in [1.54, 1.807) is 11.0 Å². The van der Waals surface area contributed by atoms with E-state index in [2.05, 4.69) is 11.6 Å². The van der Waals surface area contributed by atoms with Crippen molar-refractivity contribution in [3.8, 4) is 0 Å². The van der Waals surface area contributed by atoms with Gasteiger partial charge in [-0.3, -0.25) is 4.79 Å². The molecule has 128 valence electrons. The van der Waals surface area contributed by atoms with Gasteiger partial charge in [0.2, 0.25) is 5.91 Å². The van der Waals surface area contributed by atoms with E-state index < -0.39 is 9.84 Å². The number of fused-ring (bicyclic) bond motifs is 1. The Bertz CT molecular complexity index is 854. The third-order valence-corrected chi connectivity index (χ3v) is 6.33. The van der Waals surface area contributed by atoms with Crippen LogP contribution in [0.2, 0.25) is 0 Å². The van der Waals surface area contributed by atoms with E-state index in [0.717, 1.165) is 16.5 Å². The van der Waals surface area contributed by atoms with Crippen LogP contribution in [0.5, 0.6) is 0 Å². The van der Waals surface area contributed by atoms with Gasteiger partial charge in [0.25, 0.3) is 0 Å². The number of H-pyrrole nitrogens is 1. The SMILES string of the molecule is C=CCN(C(=O)CCc1c[nH]c2ccccc12)C1CCS(=O)(=O)C1. The first-order chi connectivity index (χ1) is 11.5. The highest BCUT2D eigenvalue weighted by Gasteiger charge is 2.33. The highest BCUT2D eigenvalue weighted by Crippen LogP contribution is 2.22. The van der Waals surface area contributed by atoms with Crippen LogP contribution in [0.1, 0.15) is 18.4 Å². The van der Waals surface area contributed by atoms with Crippen LogP contribution < -0.4 is 0 Å². The van der Waals surface area contributed by atoms with Crippen molar-refractivity contribution in [3.63, 3.8) is 0 Å². The van der Waals surface area contributed by atoms with Crippen molar-refractivity contribution in [1.29, 1.82) is 0 Å². The van der Waals surface area contributed by atoms with Crippen LogP contribution in [0, 0.1) is 0 Å². The van der Waals surface area contributed by atoms with E-state index in [1.165, 1.54) is 0 Å². The minimum atomic E-state index is -3.01. The largest absolute Gasteiger partial charge is 0.361 e. The maximum atomic E-state index is 12.6. The first-order valence-corrected chi connectivity index (χ1v) is 9.98. The van der Waals surface area contributed by atoms with E-state index in [1.807, 2.05) is 30.5 Å². The number of para-hydroxylation sites is 1. The number of aromatic amines is 1. The Kier molecular flexibility index (Phi) is 4.76. The third kappa shape index (κ3) is 3.53. The summed E-state index contributed by atoms with van der Waals surface area (Å²) in [6, 6.07) is 7.78. The lowest BCUT2D eigenvalue weighted by Crippen LogP contribution is -2.41. The monoisotopic (exact) mass is 346 g/mol. The summed E-state index contributed by atoms with van der Waals surface area (Å²) in [5, 5.41) is 1.13. The van der Waals surface area contributed by atoms with Crippen molar-refractivity contribution in [2.24, 2.45) is 0 Å². The van der Waals surface area contributed by atoms with Crippen molar-refractivity contribution in [2.75, 3.05) is 18.1 Å². The fraction of sp³-hybridized carbons (Fsp3) is 0.389. The summed E-state index contributed by atoms with van der Waals surface area (Å²) in [6.45, 7) is 4.09. The van der Waals surface area contributed by atoms with Crippen LogP contribution in [0.3, 0.4) is 0 Å². The molecule has 1 aromatic carbocycles. The molecule has 1 unspecified atom stereocenters. The maximum Gasteiger partial charge on any atom is 0.223 e. The molecule has 1 fully saturated rings. The molecule has 0 bridgehead atoms. The second-order valence-corrected chi connectivity index (χ2v) is 8.48. The fourth-order valence-electron chi connectivity index (χ4n) is 3.34. The minimum Gasteiger partial charge on any atom is -0.361 e. The second-order valence-electron chi connectivity index (χ2n) is 6.25. The number of hydrogen-bond donors (Lipinski definition) is 1. The van der Waals surface area contributed by atoms with Crippen LogP contribution in [-0.2, 0) is 21.1 Å². The Hall–Kier alpha value is -2.08. The number of hydrogen-bond acceptors (Lipinski definition) is 3. The van der Waals surface area contributed by atoms with Crippen LogP contribution >= 0.6 is 0 Å². The van der Waals surface area contributed by atoms with E-state index >= 15 is 0 Å². The lowest BCUT2D eigenvalue weighted by Gasteiger charge is -2.27. The Morgan fingerprint density at radius 3 is 2.88 bits per heavy atom. The molecule has 6 heteroatoms. The van der Waals surface area contributed by atoms with Crippen molar-refractivity contribution in [2.45, 2.75) is 25.3 Å². The number of nitrogens with one attached hydrogen (secondary N) is 1. The van der Waals surface area contributed by atoms with E-state index in [4.69, 9.17) is 0 Å². The average molecular weight is 346 g/mol. The fourth-order valence-corrected chi connectivity index (χ4v) is 5.07. The molecule has 0 saturated carbocycles. The summed E-state index contributed by atoms with van der Waals surface area (Å²) in [4.78, 5) is 17.5. The number of benzene rings is 1. The molecular weight excluding hydrogens is 324 g/mol. The standard InChI is InChI=1S/C18H22N2O3S/c1-2-10-20(15-9-11-24(22,23)13-15)18(21)8-7-14-12-19-17-6-4-3-5-16(14)17/h2-6,12,15,19H,1,7-11,13H2. The Morgan fingerprint density at radius 2 is 2.17 bits per heavy atom. The maximum absolute atomic E-state index is 12.6. The number of aromatic nitrogens is 1. The predicted molar refractivity (Wildman–Crippen MR) is 95.6 cm³/mol. The van der Waals surface area contributed by atoms with Crippen molar-refractivity contribution < 1.29 is 13.2 Å². The molecule has 3 rings (SSSR count). The van der Waals surface area contributed by atoms with E-state index in [-0.39, 0.29) is 23.5 Å². The number of aryl methyl sites for hydroxylation is 1. The highest BCUT2D eigenvalue weighted by atomic mass is 32.2. The normalized spacial score (nSPS) is 19.4. The molecule has 1 N–H and O–H groups in total. The number of sulfone groups is 1. The third-order valence-electron chi connectivity index (χ3n) is 4.58. The first-order valence-electron chi connectivity index (χ1n) is 8.16. The first kappa shape index (κ1) is 16.8. The summed E-state index contributed by atoms with van der Waals surface area (Å²) in [6.07, 6.45) is 5.13. The summed E-state index contributed by atoms with van der Waals surface area (Å²) < 4.78 is 23.4. The summed E-state index contributed by atoms with van der Waals surface area (Å²) in [5.74, 6) is 0.225. The number of amides is 1. The van der Waals surface area contributed by atoms with Gasteiger partial charge in [-0.25, -0.2) is 8.42 Å². The molecule has 24 heavy (non-hydrogen) atoms. The van der Waals surface area contributed by atoms with Crippen LogP contribution in [0.15, 0.2) is 43.1 Å². The van der Waals surface area contributed by atoms with Crippen LogP contribution in [0.4, 0.5) is 0 Å². The smallest absolute Gasteiger partial charge is 0.223 e.